The van der Waals surface area contributed by atoms with Gasteiger partial charge in [0.1, 0.15) is 29.1 Å². The predicted molar refractivity (Wildman–Crippen MR) is 51.8 cm³/mol. The summed E-state index contributed by atoms with van der Waals surface area (Å²) in [5.74, 6) is -3.03. The first-order valence-electron chi connectivity index (χ1n) is 4.29. The first-order chi connectivity index (χ1) is 7.61. The van der Waals surface area contributed by atoms with E-state index in [2.05, 4.69) is 4.98 Å². The van der Waals surface area contributed by atoms with Crippen LogP contribution in [-0.2, 0) is 11.7 Å². The van der Waals surface area contributed by atoms with E-state index in [0.29, 0.717) is 17.0 Å². The van der Waals surface area contributed by atoms with Crippen molar-refractivity contribution in [3.8, 4) is 10.6 Å². The SMILES string of the molecule is [O]Cc1cnc(-c2c(F)cc(F)cc2F)s1. The van der Waals surface area contributed by atoms with Gasteiger partial charge in [-0.25, -0.2) is 23.3 Å². The first kappa shape index (κ1) is 11.1. The molecule has 0 saturated heterocycles. The number of aromatic nitrogens is 1. The molecule has 2 aromatic rings. The molecule has 0 aliphatic rings. The third-order valence-corrected chi connectivity index (χ3v) is 2.90. The van der Waals surface area contributed by atoms with Crippen molar-refractivity contribution in [1.82, 2.24) is 4.98 Å². The molecule has 83 valence electrons. The minimum absolute atomic E-state index is 0.0425. The van der Waals surface area contributed by atoms with Crippen molar-refractivity contribution in [1.29, 1.82) is 0 Å². The molecule has 1 aromatic carbocycles. The Labute approximate surface area is 93.0 Å². The normalized spacial score (nSPS) is 10.8. The molecule has 0 atom stereocenters. The van der Waals surface area contributed by atoms with Crippen LogP contribution in [0.15, 0.2) is 18.3 Å². The van der Waals surface area contributed by atoms with Gasteiger partial charge >= 0.3 is 0 Å². The largest absolute Gasteiger partial charge is 0.244 e. The van der Waals surface area contributed by atoms with Crippen molar-refractivity contribution in [2.75, 3.05) is 0 Å². The van der Waals surface area contributed by atoms with E-state index in [1.54, 1.807) is 0 Å². The Balaban J connectivity index is 2.55. The molecule has 0 aliphatic carbocycles. The summed E-state index contributed by atoms with van der Waals surface area (Å²) in [4.78, 5) is 4.10. The van der Waals surface area contributed by atoms with Crippen molar-refractivity contribution in [2.24, 2.45) is 0 Å². The maximum Gasteiger partial charge on any atom is 0.139 e. The second kappa shape index (κ2) is 4.23. The third-order valence-electron chi connectivity index (χ3n) is 1.92. The monoisotopic (exact) mass is 244 g/mol. The zero-order chi connectivity index (χ0) is 11.7. The van der Waals surface area contributed by atoms with E-state index in [-0.39, 0.29) is 5.01 Å². The van der Waals surface area contributed by atoms with Gasteiger partial charge in [-0.15, -0.1) is 11.3 Å². The highest BCUT2D eigenvalue weighted by Crippen LogP contribution is 2.30. The fourth-order valence-electron chi connectivity index (χ4n) is 1.24. The van der Waals surface area contributed by atoms with E-state index in [9.17, 15) is 18.3 Å². The van der Waals surface area contributed by atoms with E-state index < -0.39 is 29.6 Å². The molecule has 2 nitrogen and oxygen atoms in total. The smallest absolute Gasteiger partial charge is 0.139 e. The van der Waals surface area contributed by atoms with Crippen molar-refractivity contribution >= 4 is 11.3 Å². The van der Waals surface area contributed by atoms with Crippen LogP contribution in [0.5, 0.6) is 0 Å². The van der Waals surface area contributed by atoms with Crippen LogP contribution in [0.1, 0.15) is 4.88 Å². The van der Waals surface area contributed by atoms with Crippen LogP contribution >= 0.6 is 11.3 Å². The minimum atomic E-state index is -1.02. The number of rotatable bonds is 2. The molecule has 0 amide bonds. The Hall–Kier alpha value is -1.40. The average molecular weight is 244 g/mol. The van der Waals surface area contributed by atoms with Gasteiger partial charge in [0.25, 0.3) is 0 Å². The molecule has 2 rings (SSSR count). The lowest BCUT2D eigenvalue weighted by molar-refractivity contribution is 0.180. The molecule has 0 saturated carbocycles. The highest BCUT2D eigenvalue weighted by molar-refractivity contribution is 7.15. The summed E-state index contributed by atoms with van der Waals surface area (Å²) in [5.41, 5.74) is -0.397. The minimum Gasteiger partial charge on any atom is -0.244 e. The van der Waals surface area contributed by atoms with Gasteiger partial charge in [-0.05, 0) is 0 Å². The van der Waals surface area contributed by atoms with Crippen molar-refractivity contribution in [2.45, 2.75) is 6.61 Å². The number of benzene rings is 1. The number of hydrogen-bond donors (Lipinski definition) is 0. The summed E-state index contributed by atoms with van der Waals surface area (Å²) in [5, 5.41) is 10.6. The van der Waals surface area contributed by atoms with Crippen LogP contribution in [0.4, 0.5) is 13.2 Å². The van der Waals surface area contributed by atoms with Gasteiger partial charge < -0.3 is 0 Å². The zero-order valence-corrected chi connectivity index (χ0v) is 8.65. The Morgan fingerprint density at radius 2 is 1.81 bits per heavy atom. The lowest BCUT2D eigenvalue weighted by Crippen LogP contribution is -1.91. The fourth-order valence-corrected chi connectivity index (χ4v) is 2.05. The maximum absolute atomic E-state index is 13.3. The molecule has 1 heterocycles. The lowest BCUT2D eigenvalue weighted by atomic mass is 10.2. The second-order valence-corrected chi connectivity index (χ2v) is 4.14. The predicted octanol–water partition coefficient (Wildman–Crippen LogP) is 3.16. The quantitative estimate of drug-likeness (QED) is 0.798. The van der Waals surface area contributed by atoms with Gasteiger partial charge in [0.15, 0.2) is 0 Å². The number of halogens is 3. The van der Waals surface area contributed by atoms with Gasteiger partial charge in [0, 0.05) is 18.3 Å². The summed E-state index contributed by atoms with van der Waals surface area (Å²) >= 11 is 0.894. The van der Waals surface area contributed by atoms with E-state index in [1.165, 1.54) is 6.20 Å². The lowest BCUT2D eigenvalue weighted by Gasteiger charge is -2.00. The molecule has 1 aromatic heterocycles. The average Bonchev–Trinajstić information content (AvgIpc) is 2.64. The highest BCUT2D eigenvalue weighted by atomic mass is 32.1. The van der Waals surface area contributed by atoms with E-state index in [1.807, 2.05) is 0 Å². The fraction of sp³-hybridized carbons (Fsp3) is 0.100. The molecule has 6 heteroatoms. The highest BCUT2D eigenvalue weighted by Gasteiger charge is 2.16. The maximum atomic E-state index is 13.3. The molecule has 0 unspecified atom stereocenters. The summed E-state index contributed by atoms with van der Waals surface area (Å²) < 4.78 is 39.3. The molecular formula is C10H5F3NOS. The molecule has 0 aliphatic heterocycles. The second-order valence-electron chi connectivity index (χ2n) is 3.02. The standard InChI is InChI=1S/C10H5F3NOS/c11-5-1-7(12)9(8(13)2-5)10-14-3-6(4-15)16-10/h1-3H,4H2. The van der Waals surface area contributed by atoms with Crippen LogP contribution in [0.3, 0.4) is 0 Å². The van der Waals surface area contributed by atoms with Gasteiger partial charge in [-0.1, -0.05) is 0 Å². The summed E-state index contributed by atoms with van der Waals surface area (Å²) in [6, 6.07) is 1.16. The van der Waals surface area contributed by atoms with Crippen molar-refractivity contribution < 1.29 is 18.3 Å². The topological polar surface area (TPSA) is 32.8 Å². The molecular weight excluding hydrogens is 239 g/mol. The molecule has 0 spiro atoms. The summed E-state index contributed by atoms with van der Waals surface area (Å²) in [6.07, 6.45) is 1.26. The summed E-state index contributed by atoms with van der Waals surface area (Å²) in [7, 11) is 0. The van der Waals surface area contributed by atoms with Gasteiger partial charge in [0.2, 0.25) is 0 Å². The van der Waals surface area contributed by atoms with Gasteiger partial charge in [0.05, 0.1) is 10.4 Å². The van der Waals surface area contributed by atoms with Crippen LogP contribution < -0.4 is 0 Å². The van der Waals surface area contributed by atoms with Gasteiger partial charge in [-0.2, -0.15) is 0 Å². The number of thiazole rings is 1. The van der Waals surface area contributed by atoms with Crippen molar-refractivity contribution in [3.63, 3.8) is 0 Å². The van der Waals surface area contributed by atoms with Crippen LogP contribution in [-0.4, -0.2) is 4.98 Å². The molecule has 0 N–H and O–H groups in total. The van der Waals surface area contributed by atoms with Crippen LogP contribution in [0, 0.1) is 17.5 Å². The zero-order valence-electron chi connectivity index (χ0n) is 7.84. The Bertz CT molecular complexity index is 504. The third kappa shape index (κ3) is 1.94. The van der Waals surface area contributed by atoms with E-state index >= 15 is 0 Å². The molecule has 1 radical (unpaired) electrons. The molecule has 0 fully saturated rings. The van der Waals surface area contributed by atoms with Crippen molar-refractivity contribution in [3.05, 3.63) is 40.7 Å². The first-order valence-corrected chi connectivity index (χ1v) is 5.11. The summed E-state index contributed by atoms with van der Waals surface area (Å²) in [6.45, 7) is -0.498. The van der Waals surface area contributed by atoms with Gasteiger partial charge in [-0.3, -0.25) is 0 Å². The molecule has 0 bridgehead atoms. The Morgan fingerprint density at radius 1 is 1.19 bits per heavy atom. The van der Waals surface area contributed by atoms with Crippen LogP contribution in [0.2, 0.25) is 0 Å². The Morgan fingerprint density at radius 3 is 2.31 bits per heavy atom. The van der Waals surface area contributed by atoms with E-state index in [4.69, 9.17) is 0 Å². The Kier molecular flexibility index (Phi) is 2.93. The molecule has 16 heavy (non-hydrogen) atoms. The van der Waals surface area contributed by atoms with Crippen LogP contribution in [0.25, 0.3) is 10.6 Å². The van der Waals surface area contributed by atoms with E-state index in [0.717, 1.165) is 11.3 Å². The number of hydrogen-bond acceptors (Lipinski definition) is 2. The number of nitrogens with zero attached hydrogens (tertiary/aromatic N) is 1.